The molecule has 0 heterocycles. The average molecular weight is 204 g/mol. The van der Waals surface area contributed by atoms with Crippen molar-refractivity contribution in [2.24, 2.45) is 0 Å². The van der Waals surface area contributed by atoms with Crippen molar-refractivity contribution < 1.29 is 9.09 Å². The number of benzene rings is 1. The van der Waals surface area contributed by atoms with Crippen LogP contribution in [0.25, 0.3) is 0 Å². The Bertz CT molecular complexity index is 250. The van der Waals surface area contributed by atoms with Gasteiger partial charge in [-0.3, -0.25) is 0 Å². The molecule has 0 aliphatic carbocycles. The van der Waals surface area contributed by atoms with Crippen LogP contribution in [0.3, 0.4) is 0 Å². The molecule has 0 saturated heterocycles. The Morgan fingerprint density at radius 1 is 1.33 bits per heavy atom. The summed E-state index contributed by atoms with van der Waals surface area (Å²) in [5, 5.41) is 0.706. The lowest BCUT2D eigenvalue weighted by atomic mass is 10.4. The van der Waals surface area contributed by atoms with Crippen LogP contribution >= 0.6 is 19.6 Å². The Balaban J connectivity index is 2.54. The maximum absolute atomic E-state index is 11.3. The molecule has 1 aromatic rings. The summed E-state index contributed by atoms with van der Waals surface area (Å²) < 4.78 is 16.2. The van der Waals surface area contributed by atoms with Crippen LogP contribution in [0.2, 0.25) is 0 Å². The van der Waals surface area contributed by atoms with E-state index in [1.165, 1.54) is 0 Å². The molecule has 0 fully saturated rings. The molecule has 1 rings (SSSR count). The van der Waals surface area contributed by atoms with Gasteiger partial charge in [-0.25, -0.2) is 0 Å². The SMILES string of the molecule is O=[P+](OCCCl)c1ccccc1. The summed E-state index contributed by atoms with van der Waals surface area (Å²) in [4.78, 5) is 0. The van der Waals surface area contributed by atoms with Crippen LogP contribution in [0.5, 0.6) is 0 Å². The lowest BCUT2D eigenvalue weighted by Gasteiger charge is -1.85. The van der Waals surface area contributed by atoms with Crippen LogP contribution in [0.4, 0.5) is 0 Å². The zero-order chi connectivity index (χ0) is 8.81. The molecule has 0 aliphatic heterocycles. The van der Waals surface area contributed by atoms with Crippen molar-refractivity contribution in [3.63, 3.8) is 0 Å². The molecule has 0 saturated carbocycles. The van der Waals surface area contributed by atoms with E-state index >= 15 is 0 Å². The highest BCUT2D eigenvalue weighted by molar-refractivity contribution is 7.48. The van der Waals surface area contributed by atoms with Crippen molar-refractivity contribution in [1.82, 2.24) is 0 Å². The summed E-state index contributed by atoms with van der Waals surface area (Å²) in [7, 11) is -1.72. The monoisotopic (exact) mass is 203 g/mol. The van der Waals surface area contributed by atoms with E-state index in [9.17, 15) is 4.57 Å². The molecule has 1 atom stereocenters. The zero-order valence-electron chi connectivity index (χ0n) is 6.44. The molecule has 0 bridgehead atoms. The van der Waals surface area contributed by atoms with Crippen molar-refractivity contribution in [3.8, 4) is 0 Å². The van der Waals surface area contributed by atoms with Gasteiger partial charge in [-0.15, -0.1) is 16.1 Å². The quantitative estimate of drug-likeness (QED) is 0.555. The summed E-state index contributed by atoms with van der Waals surface area (Å²) >= 11 is 5.38. The number of hydrogen-bond acceptors (Lipinski definition) is 2. The lowest BCUT2D eigenvalue weighted by Crippen LogP contribution is -1.98. The first-order valence-electron chi connectivity index (χ1n) is 3.56. The summed E-state index contributed by atoms with van der Waals surface area (Å²) in [6, 6.07) is 9.06. The molecule has 1 aromatic carbocycles. The number of alkyl halides is 1. The molecule has 1 unspecified atom stereocenters. The van der Waals surface area contributed by atoms with Crippen LogP contribution in [0.15, 0.2) is 30.3 Å². The standard InChI is InChI=1S/C8H9ClO2P/c9-6-7-11-12(10)8-4-2-1-3-5-8/h1-5H,6-7H2/q+1. The van der Waals surface area contributed by atoms with Gasteiger partial charge in [-0.1, -0.05) is 18.2 Å². The van der Waals surface area contributed by atoms with Crippen molar-refractivity contribution >= 4 is 24.9 Å². The van der Waals surface area contributed by atoms with Gasteiger partial charge in [0.05, 0.1) is 5.88 Å². The number of hydrogen-bond donors (Lipinski definition) is 0. The molecular weight excluding hydrogens is 195 g/mol. The summed E-state index contributed by atoms with van der Waals surface area (Å²) in [6.07, 6.45) is 0. The van der Waals surface area contributed by atoms with Crippen LogP contribution in [0.1, 0.15) is 0 Å². The lowest BCUT2D eigenvalue weighted by molar-refractivity contribution is 0.359. The normalized spacial score (nSPS) is 11.2. The third kappa shape index (κ3) is 2.90. The first-order valence-corrected chi connectivity index (χ1v) is 5.27. The molecule has 0 N–H and O–H groups in total. The van der Waals surface area contributed by atoms with Gasteiger partial charge in [-0.05, 0) is 16.7 Å². The van der Waals surface area contributed by atoms with E-state index in [0.717, 1.165) is 0 Å². The predicted molar refractivity (Wildman–Crippen MR) is 50.4 cm³/mol. The number of halogens is 1. The first-order chi connectivity index (χ1) is 5.84. The first kappa shape index (κ1) is 9.66. The maximum Gasteiger partial charge on any atom is 0.548 e. The number of rotatable bonds is 4. The summed E-state index contributed by atoms with van der Waals surface area (Å²) in [5.41, 5.74) is 0. The highest BCUT2D eigenvalue weighted by atomic mass is 35.5. The molecule has 0 spiro atoms. The van der Waals surface area contributed by atoms with E-state index in [1.54, 1.807) is 12.1 Å². The fraction of sp³-hybridized carbons (Fsp3) is 0.250. The van der Waals surface area contributed by atoms with Crippen molar-refractivity contribution in [2.45, 2.75) is 0 Å². The zero-order valence-corrected chi connectivity index (χ0v) is 8.09. The van der Waals surface area contributed by atoms with Gasteiger partial charge in [0.2, 0.25) is 5.30 Å². The van der Waals surface area contributed by atoms with Gasteiger partial charge in [-0.2, -0.15) is 0 Å². The van der Waals surface area contributed by atoms with Gasteiger partial charge in [0, 0.05) is 0 Å². The third-order valence-corrected chi connectivity index (χ3v) is 2.54. The van der Waals surface area contributed by atoms with Gasteiger partial charge in [0.1, 0.15) is 6.61 Å². The molecule has 0 aliphatic rings. The van der Waals surface area contributed by atoms with E-state index in [0.29, 0.717) is 17.8 Å². The van der Waals surface area contributed by atoms with Crippen LogP contribution in [-0.4, -0.2) is 12.5 Å². The second-order valence-electron chi connectivity index (χ2n) is 2.11. The van der Waals surface area contributed by atoms with Gasteiger partial charge in [0.15, 0.2) is 0 Å². The molecule has 64 valence electrons. The minimum absolute atomic E-state index is 0.325. The van der Waals surface area contributed by atoms with Crippen molar-refractivity contribution in [1.29, 1.82) is 0 Å². The van der Waals surface area contributed by atoms with Crippen LogP contribution in [-0.2, 0) is 9.09 Å². The molecule has 12 heavy (non-hydrogen) atoms. The second-order valence-corrected chi connectivity index (χ2v) is 3.78. The molecule has 0 radical (unpaired) electrons. The minimum Gasteiger partial charge on any atom is -0.141 e. The van der Waals surface area contributed by atoms with Crippen molar-refractivity contribution in [3.05, 3.63) is 30.3 Å². The topological polar surface area (TPSA) is 26.3 Å². The Morgan fingerprint density at radius 3 is 2.58 bits per heavy atom. The fourth-order valence-electron chi connectivity index (χ4n) is 0.742. The average Bonchev–Trinajstić information content (AvgIpc) is 2.15. The van der Waals surface area contributed by atoms with E-state index < -0.39 is 8.03 Å². The van der Waals surface area contributed by atoms with Crippen molar-refractivity contribution in [2.75, 3.05) is 12.5 Å². The largest absolute Gasteiger partial charge is 0.548 e. The molecule has 0 amide bonds. The summed E-state index contributed by atoms with van der Waals surface area (Å²) in [6.45, 7) is 0.325. The Kier molecular flexibility index (Phi) is 4.23. The minimum atomic E-state index is -1.72. The maximum atomic E-state index is 11.3. The van der Waals surface area contributed by atoms with E-state index in [1.807, 2.05) is 18.2 Å². The van der Waals surface area contributed by atoms with E-state index in [2.05, 4.69) is 0 Å². The van der Waals surface area contributed by atoms with Crippen LogP contribution in [0, 0.1) is 0 Å². The summed E-state index contributed by atoms with van der Waals surface area (Å²) in [5.74, 6) is 0.369. The fourth-order valence-corrected chi connectivity index (χ4v) is 1.75. The van der Waals surface area contributed by atoms with E-state index in [4.69, 9.17) is 16.1 Å². The molecule has 4 heteroatoms. The predicted octanol–water partition coefficient (Wildman–Crippen LogP) is 2.31. The highest BCUT2D eigenvalue weighted by Crippen LogP contribution is 2.20. The Hall–Kier alpha value is -0.430. The van der Waals surface area contributed by atoms with Gasteiger partial charge >= 0.3 is 8.03 Å². The second kappa shape index (κ2) is 5.26. The van der Waals surface area contributed by atoms with Gasteiger partial charge in [0.25, 0.3) is 0 Å². The van der Waals surface area contributed by atoms with Crippen LogP contribution < -0.4 is 5.30 Å². The molecular formula is C8H9ClO2P+. The smallest absolute Gasteiger partial charge is 0.141 e. The molecule has 2 nitrogen and oxygen atoms in total. The highest BCUT2D eigenvalue weighted by Gasteiger charge is 2.20. The van der Waals surface area contributed by atoms with E-state index in [-0.39, 0.29) is 0 Å². The Morgan fingerprint density at radius 2 is 2.00 bits per heavy atom. The Labute approximate surface area is 77.4 Å². The third-order valence-electron chi connectivity index (χ3n) is 1.25. The van der Waals surface area contributed by atoms with Gasteiger partial charge < -0.3 is 0 Å². The molecule has 0 aromatic heterocycles.